The van der Waals surface area contributed by atoms with Gasteiger partial charge in [-0.15, -0.1) is 11.3 Å². The van der Waals surface area contributed by atoms with Gasteiger partial charge in [-0.1, -0.05) is 6.07 Å². The fraction of sp³-hybridized carbons (Fsp3) is 0.240. The smallest absolute Gasteiger partial charge is 0.326 e. The number of aromatic amines is 2. The molecule has 1 saturated heterocycles. The zero-order valence-corrected chi connectivity index (χ0v) is 20.7. The molecule has 1 fully saturated rings. The van der Waals surface area contributed by atoms with Gasteiger partial charge in [-0.25, -0.2) is 4.39 Å². The number of H-pyrrole nitrogens is 2. The van der Waals surface area contributed by atoms with Crippen molar-refractivity contribution in [2.24, 2.45) is 0 Å². The largest absolute Gasteiger partial charge is 0.421 e. The van der Waals surface area contributed by atoms with Crippen LogP contribution in [0, 0.1) is 12.7 Å². The average molecular weight is 505 g/mol. The van der Waals surface area contributed by atoms with Crippen molar-refractivity contribution in [3.63, 3.8) is 0 Å². The summed E-state index contributed by atoms with van der Waals surface area (Å²) in [6.07, 6.45) is 0. The predicted octanol–water partition coefficient (Wildman–Crippen LogP) is 5.14. The fourth-order valence-electron chi connectivity index (χ4n) is 4.26. The van der Waals surface area contributed by atoms with Crippen LogP contribution in [-0.2, 0) is 0 Å². The number of likely N-dealkylation sites (N-methyl/N-ethyl adjacent to an activating group) is 1. The molecule has 0 saturated carbocycles. The number of aromatic nitrogens is 5. The van der Waals surface area contributed by atoms with Crippen molar-refractivity contribution in [2.75, 3.05) is 43.4 Å². The Morgan fingerprint density at radius 1 is 1.06 bits per heavy atom. The number of nitrogens with zero attached hydrogens (tertiary/aromatic N) is 5. The minimum absolute atomic E-state index is 0.0634. The van der Waals surface area contributed by atoms with Crippen molar-refractivity contribution in [1.29, 1.82) is 0 Å². The molecular weight excluding hydrogens is 479 g/mol. The highest BCUT2D eigenvalue weighted by Gasteiger charge is 2.20. The van der Waals surface area contributed by atoms with E-state index in [1.807, 2.05) is 36.6 Å². The minimum atomic E-state index is -0.451. The minimum Gasteiger partial charge on any atom is -0.421 e. The standard InChI is InChI=1S/C25H25FN8OS/c1-15-12-16-17(27-15)5-6-19(24(16)26)35-25-29-21(14-23(30-25)34-9-7-33(2)8-10-34)28-22-13-18(31-32-22)20-4-3-11-36-20/h3-6,11-14,27H,7-10H2,1-2H3,(H2,28,29,30,31,32). The maximum atomic E-state index is 15.2. The Bertz CT molecular complexity index is 1500. The first-order valence-corrected chi connectivity index (χ1v) is 12.5. The van der Waals surface area contributed by atoms with Crippen molar-refractivity contribution < 1.29 is 9.13 Å². The Balaban J connectivity index is 1.33. The number of anilines is 3. The molecule has 0 amide bonds. The van der Waals surface area contributed by atoms with Crippen LogP contribution in [0.5, 0.6) is 11.8 Å². The fourth-order valence-corrected chi connectivity index (χ4v) is 4.95. The lowest BCUT2D eigenvalue weighted by atomic mass is 10.2. The van der Waals surface area contributed by atoms with Crippen LogP contribution in [0.25, 0.3) is 21.5 Å². The number of halogens is 1. The van der Waals surface area contributed by atoms with Crippen LogP contribution < -0.4 is 15.0 Å². The first-order chi connectivity index (χ1) is 17.5. The zero-order chi connectivity index (χ0) is 24.6. The normalized spacial score (nSPS) is 14.5. The van der Waals surface area contributed by atoms with Gasteiger partial charge in [0.25, 0.3) is 0 Å². The van der Waals surface area contributed by atoms with E-state index in [2.05, 4.69) is 47.3 Å². The van der Waals surface area contributed by atoms with E-state index in [4.69, 9.17) is 4.74 Å². The molecule has 0 radical (unpaired) electrons. The van der Waals surface area contributed by atoms with E-state index in [1.54, 1.807) is 29.5 Å². The summed E-state index contributed by atoms with van der Waals surface area (Å²) < 4.78 is 21.1. The molecule has 36 heavy (non-hydrogen) atoms. The summed E-state index contributed by atoms with van der Waals surface area (Å²) in [5.74, 6) is 1.46. The highest BCUT2D eigenvalue weighted by atomic mass is 32.1. The number of aryl methyl sites for hydroxylation is 1. The maximum absolute atomic E-state index is 15.2. The van der Waals surface area contributed by atoms with Crippen LogP contribution in [0.1, 0.15) is 5.69 Å². The summed E-state index contributed by atoms with van der Waals surface area (Å²) in [7, 11) is 2.10. The summed E-state index contributed by atoms with van der Waals surface area (Å²) in [5.41, 5.74) is 2.50. The Hall–Kier alpha value is -3.96. The Morgan fingerprint density at radius 2 is 1.92 bits per heavy atom. The van der Waals surface area contributed by atoms with E-state index >= 15 is 4.39 Å². The second kappa shape index (κ2) is 9.25. The summed E-state index contributed by atoms with van der Waals surface area (Å²) in [6, 6.07) is 13.0. The van der Waals surface area contributed by atoms with Gasteiger partial charge >= 0.3 is 6.01 Å². The molecule has 0 aliphatic carbocycles. The second-order valence-corrected chi connectivity index (χ2v) is 9.79. The Morgan fingerprint density at radius 3 is 2.72 bits per heavy atom. The molecule has 0 unspecified atom stereocenters. The maximum Gasteiger partial charge on any atom is 0.326 e. The van der Waals surface area contributed by atoms with Gasteiger partial charge in [0.2, 0.25) is 0 Å². The van der Waals surface area contributed by atoms with Crippen molar-refractivity contribution in [3.8, 4) is 22.3 Å². The first kappa shape index (κ1) is 22.5. The highest BCUT2D eigenvalue weighted by molar-refractivity contribution is 7.13. The SMILES string of the molecule is Cc1cc2c(F)c(Oc3nc(Nc4cc(-c5cccs5)[nH]n4)cc(N4CCN(C)CC4)n3)ccc2[nH]1. The number of ether oxygens (including phenoxy) is 1. The van der Waals surface area contributed by atoms with Gasteiger partial charge in [0.05, 0.1) is 10.6 Å². The van der Waals surface area contributed by atoms with Gasteiger partial charge in [0, 0.05) is 54.9 Å². The molecule has 9 nitrogen and oxygen atoms in total. The van der Waals surface area contributed by atoms with Crippen LogP contribution in [0.3, 0.4) is 0 Å². The van der Waals surface area contributed by atoms with Crippen LogP contribution in [-0.4, -0.2) is 63.3 Å². The van der Waals surface area contributed by atoms with Gasteiger partial charge < -0.3 is 24.8 Å². The quantitative estimate of drug-likeness (QED) is 0.294. The highest BCUT2D eigenvalue weighted by Crippen LogP contribution is 2.32. The van der Waals surface area contributed by atoms with Crippen LogP contribution >= 0.6 is 11.3 Å². The van der Waals surface area contributed by atoms with Gasteiger partial charge in [0.1, 0.15) is 11.6 Å². The van der Waals surface area contributed by atoms with Crippen LogP contribution in [0.2, 0.25) is 0 Å². The van der Waals surface area contributed by atoms with E-state index in [-0.39, 0.29) is 11.8 Å². The third-order valence-electron chi connectivity index (χ3n) is 6.18. The van der Waals surface area contributed by atoms with E-state index < -0.39 is 5.82 Å². The molecule has 6 rings (SSSR count). The Kier molecular flexibility index (Phi) is 5.78. The molecule has 1 aliphatic heterocycles. The van der Waals surface area contributed by atoms with Gasteiger partial charge in [-0.3, -0.25) is 5.10 Å². The molecule has 0 spiro atoms. The lowest BCUT2D eigenvalue weighted by molar-refractivity contribution is 0.311. The van der Waals surface area contributed by atoms with Crippen molar-refractivity contribution >= 4 is 39.7 Å². The number of benzene rings is 1. The van der Waals surface area contributed by atoms with Crippen LogP contribution in [0.15, 0.2) is 47.8 Å². The molecule has 184 valence electrons. The number of rotatable bonds is 6. The second-order valence-electron chi connectivity index (χ2n) is 8.85. The van der Waals surface area contributed by atoms with Crippen LogP contribution in [0.4, 0.5) is 21.8 Å². The van der Waals surface area contributed by atoms with Gasteiger partial charge in [-0.2, -0.15) is 15.1 Å². The molecule has 1 aromatic carbocycles. The summed E-state index contributed by atoms with van der Waals surface area (Å²) in [4.78, 5) is 17.8. The summed E-state index contributed by atoms with van der Waals surface area (Å²) in [5, 5.41) is 13.1. The molecule has 1 aliphatic rings. The lowest BCUT2D eigenvalue weighted by Crippen LogP contribution is -2.44. The van der Waals surface area contributed by atoms with E-state index in [0.717, 1.165) is 42.4 Å². The van der Waals surface area contributed by atoms with Gasteiger partial charge in [-0.05, 0) is 43.6 Å². The molecule has 4 aromatic heterocycles. The summed E-state index contributed by atoms with van der Waals surface area (Å²) >= 11 is 1.63. The third-order valence-corrected chi connectivity index (χ3v) is 7.08. The first-order valence-electron chi connectivity index (χ1n) is 11.7. The number of fused-ring (bicyclic) bond motifs is 1. The Labute approximate surface area is 211 Å². The number of piperazine rings is 1. The molecular formula is C25H25FN8OS. The molecule has 3 N–H and O–H groups in total. The molecule has 5 heterocycles. The van der Waals surface area contributed by atoms with E-state index in [1.165, 1.54) is 0 Å². The van der Waals surface area contributed by atoms with E-state index in [9.17, 15) is 0 Å². The third kappa shape index (κ3) is 4.50. The number of hydrogen-bond donors (Lipinski definition) is 3. The molecule has 11 heteroatoms. The average Bonchev–Trinajstić information content (AvgIpc) is 3.62. The molecule has 0 atom stereocenters. The van der Waals surface area contributed by atoms with Crippen molar-refractivity contribution in [2.45, 2.75) is 6.92 Å². The van der Waals surface area contributed by atoms with Crippen molar-refractivity contribution in [1.82, 2.24) is 30.0 Å². The number of nitrogens with one attached hydrogen (secondary N) is 3. The monoisotopic (exact) mass is 504 g/mol. The number of hydrogen-bond acceptors (Lipinski definition) is 8. The zero-order valence-electron chi connectivity index (χ0n) is 19.9. The lowest BCUT2D eigenvalue weighted by Gasteiger charge is -2.33. The molecule has 0 bridgehead atoms. The number of thiophene rings is 1. The van der Waals surface area contributed by atoms with Gasteiger partial charge in [0.15, 0.2) is 17.4 Å². The van der Waals surface area contributed by atoms with Crippen molar-refractivity contribution in [3.05, 3.63) is 59.4 Å². The molecule has 5 aromatic rings. The topological polar surface area (TPSA) is 98.0 Å². The van der Waals surface area contributed by atoms with E-state index in [0.29, 0.717) is 28.4 Å². The predicted molar refractivity (Wildman–Crippen MR) is 140 cm³/mol. The summed E-state index contributed by atoms with van der Waals surface area (Å²) in [6.45, 7) is 5.37.